The zero-order valence-corrected chi connectivity index (χ0v) is 15.9. The molecule has 1 fully saturated rings. The van der Waals surface area contributed by atoms with Gasteiger partial charge in [-0.25, -0.2) is 4.98 Å². The summed E-state index contributed by atoms with van der Waals surface area (Å²) in [6, 6.07) is 3.83. The van der Waals surface area contributed by atoms with E-state index in [0.29, 0.717) is 5.15 Å². The van der Waals surface area contributed by atoms with Gasteiger partial charge in [0, 0.05) is 31.9 Å². The molecule has 24 heavy (non-hydrogen) atoms. The molecule has 0 bridgehead atoms. The molecule has 2 rings (SSSR count). The van der Waals surface area contributed by atoms with Gasteiger partial charge >= 0.3 is 0 Å². The molecule has 1 aromatic rings. The number of likely N-dealkylation sites (tertiary alicyclic amines) is 1. The molecule has 1 aromatic heterocycles. The maximum atomic E-state index is 5.81. The lowest BCUT2D eigenvalue weighted by atomic mass is 9.98. The van der Waals surface area contributed by atoms with Gasteiger partial charge in [0.1, 0.15) is 5.15 Å². The number of hydrogen-bond donors (Lipinski definition) is 2. The van der Waals surface area contributed by atoms with E-state index >= 15 is 0 Å². The van der Waals surface area contributed by atoms with E-state index in [1.54, 1.807) is 0 Å². The fourth-order valence-electron chi connectivity index (χ4n) is 3.01. The Morgan fingerprint density at radius 1 is 1.25 bits per heavy atom. The number of rotatable bonds is 6. The summed E-state index contributed by atoms with van der Waals surface area (Å²) in [7, 11) is 1.81. The second-order valence-corrected chi connectivity index (χ2v) is 7.34. The molecule has 2 heterocycles. The van der Waals surface area contributed by atoms with Crippen molar-refractivity contribution >= 4 is 17.6 Å². The van der Waals surface area contributed by atoms with Gasteiger partial charge in [0.2, 0.25) is 0 Å². The standard InChI is InChI=1S/C18H30ClN5/c1-18(2,24-11-5-4-6-12-24)14-23-17(20-3)21-10-9-15-7-8-16(19)22-13-15/h7-8,13H,4-6,9-12,14H2,1-3H3,(H2,20,21,23). The Balaban J connectivity index is 1.74. The number of guanidine groups is 1. The molecule has 0 unspecified atom stereocenters. The monoisotopic (exact) mass is 351 g/mol. The van der Waals surface area contributed by atoms with Crippen LogP contribution in [0.2, 0.25) is 5.15 Å². The van der Waals surface area contributed by atoms with Gasteiger partial charge < -0.3 is 10.6 Å². The zero-order chi connectivity index (χ0) is 17.4. The predicted octanol–water partition coefficient (Wildman–Crippen LogP) is 2.71. The van der Waals surface area contributed by atoms with Crippen LogP contribution in [0.3, 0.4) is 0 Å². The number of piperidine rings is 1. The Morgan fingerprint density at radius 3 is 2.62 bits per heavy atom. The molecule has 134 valence electrons. The fourth-order valence-corrected chi connectivity index (χ4v) is 3.12. The Bertz CT molecular complexity index is 521. The Morgan fingerprint density at radius 2 is 2.00 bits per heavy atom. The molecule has 0 spiro atoms. The molecule has 1 aliphatic rings. The number of nitrogens with zero attached hydrogens (tertiary/aromatic N) is 3. The molecule has 0 amide bonds. The van der Waals surface area contributed by atoms with Gasteiger partial charge in [0.25, 0.3) is 0 Å². The van der Waals surface area contributed by atoms with Crippen LogP contribution < -0.4 is 10.6 Å². The molecule has 2 N–H and O–H groups in total. The van der Waals surface area contributed by atoms with Gasteiger partial charge in [-0.05, 0) is 57.8 Å². The van der Waals surface area contributed by atoms with E-state index < -0.39 is 0 Å². The average Bonchev–Trinajstić information content (AvgIpc) is 2.60. The molecule has 1 saturated heterocycles. The van der Waals surface area contributed by atoms with Crippen molar-refractivity contribution in [3.8, 4) is 0 Å². The maximum Gasteiger partial charge on any atom is 0.191 e. The van der Waals surface area contributed by atoms with Crippen molar-refractivity contribution in [3.05, 3.63) is 29.0 Å². The van der Waals surface area contributed by atoms with E-state index in [0.717, 1.165) is 31.0 Å². The van der Waals surface area contributed by atoms with Crippen LogP contribution in [0, 0.1) is 0 Å². The van der Waals surface area contributed by atoms with Gasteiger partial charge in [-0.2, -0.15) is 0 Å². The third-order valence-corrected chi connectivity index (χ3v) is 4.84. The molecule has 0 aromatic carbocycles. The second-order valence-electron chi connectivity index (χ2n) is 6.95. The zero-order valence-electron chi connectivity index (χ0n) is 15.1. The Hall–Kier alpha value is -1.33. The number of aliphatic imine (C=N–C) groups is 1. The van der Waals surface area contributed by atoms with Crippen LogP contribution >= 0.6 is 11.6 Å². The SMILES string of the molecule is CN=C(NCCc1ccc(Cl)nc1)NCC(C)(C)N1CCCCC1. The Labute approximate surface area is 150 Å². The van der Waals surface area contributed by atoms with Crippen LogP contribution in [-0.4, -0.2) is 54.6 Å². The van der Waals surface area contributed by atoms with Crippen molar-refractivity contribution in [2.75, 3.05) is 33.2 Å². The largest absolute Gasteiger partial charge is 0.356 e. The molecule has 0 saturated carbocycles. The van der Waals surface area contributed by atoms with E-state index in [1.165, 1.54) is 32.4 Å². The summed E-state index contributed by atoms with van der Waals surface area (Å²) in [6.07, 6.45) is 6.69. The van der Waals surface area contributed by atoms with Crippen molar-refractivity contribution in [1.29, 1.82) is 0 Å². The number of halogens is 1. The normalized spacial score (nSPS) is 16.9. The smallest absolute Gasteiger partial charge is 0.191 e. The molecule has 5 nitrogen and oxygen atoms in total. The van der Waals surface area contributed by atoms with Gasteiger partial charge in [-0.1, -0.05) is 24.1 Å². The van der Waals surface area contributed by atoms with Crippen LogP contribution in [0.25, 0.3) is 0 Å². The van der Waals surface area contributed by atoms with Crippen LogP contribution in [0.1, 0.15) is 38.7 Å². The highest BCUT2D eigenvalue weighted by molar-refractivity contribution is 6.29. The number of hydrogen-bond acceptors (Lipinski definition) is 3. The van der Waals surface area contributed by atoms with Crippen molar-refractivity contribution in [2.45, 2.75) is 45.1 Å². The first-order valence-electron chi connectivity index (χ1n) is 8.81. The van der Waals surface area contributed by atoms with E-state index in [2.05, 4.69) is 39.4 Å². The highest BCUT2D eigenvalue weighted by Gasteiger charge is 2.27. The molecular weight excluding hydrogens is 322 g/mol. The van der Waals surface area contributed by atoms with Gasteiger partial charge in [-0.3, -0.25) is 9.89 Å². The lowest BCUT2D eigenvalue weighted by molar-refractivity contribution is 0.0982. The van der Waals surface area contributed by atoms with Gasteiger partial charge in [-0.15, -0.1) is 0 Å². The minimum Gasteiger partial charge on any atom is -0.356 e. The maximum absolute atomic E-state index is 5.81. The number of aromatic nitrogens is 1. The van der Waals surface area contributed by atoms with Crippen LogP contribution in [0.5, 0.6) is 0 Å². The minimum absolute atomic E-state index is 0.137. The lowest BCUT2D eigenvalue weighted by Crippen LogP contribution is -2.55. The summed E-state index contributed by atoms with van der Waals surface area (Å²) in [5.41, 5.74) is 1.30. The van der Waals surface area contributed by atoms with Crippen molar-refractivity contribution in [3.63, 3.8) is 0 Å². The number of pyridine rings is 1. The summed E-state index contributed by atoms with van der Waals surface area (Å²) in [4.78, 5) is 11.0. The summed E-state index contributed by atoms with van der Waals surface area (Å²) in [6.45, 7) is 8.70. The first kappa shape index (κ1) is 19.0. The van der Waals surface area contributed by atoms with E-state index in [-0.39, 0.29) is 5.54 Å². The number of nitrogens with one attached hydrogen (secondary N) is 2. The quantitative estimate of drug-likeness (QED) is 0.470. The van der Waals surface area contributed by atoms with E-state index in [9.17, 15) is 0 Å². The van der Waals surface area contributed by atoms with Crippen LogP contribution in [0.4, 0.5) is 0 Å². The van der Waals surface area contributed by atoms with Crippen LogP contribution in [-0.2, 0) is 6.42 Å². The summed E-state index contributed by atoms with van der Waals surface area (Å²) in [5, 5.41) is 7.36. The average molecular weight is 352 g/mol. The van der Waals surface area contributed by atoms with Crippen molar-refractivity contribution in [2.24, 2.45) is 4.99 Å². The first-order valence-corrected chi connectivity index (χ1v) is 9.19. The summed E-state index contributed by atoms with van der Waals surface area (Å²) >= 11 is 5.81. The molecule has 6 heteroatoms. The van der Waals surface area contributed by atoms with Crippen LogP contribution in [0.15, 0.2) is 23.3 Å². The summed E-state index contributed by atoms with van der Waals surface area (Å²) < 4.78 is 0. The van der Waals surface area contributed by atoms with E-state index in [1.807, 2.05) is 25.4 Å². The Kier molecular flexibility index (Phi) is 7.31. The predicted molar refractivity (Wildman–Crippen MR) is 102 cm³/mol. The van der Waals surface area contributed by atoms with Crippen molar-refractivity contribution in [1.82, 2.24) is 20.5 Å². The van der Waals surface area contributed by atoms with Gasteiger partial charge in [0.05, 0.1) is 0 Å². The third-order valence-electron chi connectivity index (χ3n) is 4.62. The van der Waals surface area contributed by atoms with Crippen molar-refractivity contribution < 1.29 is 0 Å². The topological polar surface area (TPSA) is 52.6 Å². The highest BCUT2D eigenvalue weighted by Crippen LogP contribution is 2.19. The van der Waals surface area contributed by atoms with E-state index in [4.69, 9.17) is 11.6 Å². The minimum atomic E-state index is 0.137. The summed E-state index contributed by atoms with van der Waals surface area (Å²) in [5.74, 6) is 0.849. The fraction of sp³-hybridized carbons (Fsp3) is 0.667. The molecular formula is C18H30ClN5. The second kappa shape index (κ2) is 9.23. The first-order chi connectivity index (χ1) is 11.5. The molecule has 0 aliphatic carbocycles. The molecule has 0 radical (unpaired) electrons. The molecule has 1 aliphatic heterocycles. The van der Waals surface area contributed by atoms with Gasteiger partial charge in [0.15, 0.2) is 5.96 Å². The third kappa shape index (κ3) is 5.95. The molecule has 0 atom stereocenters. The highest BCUT2D eigenvalue weighted by atomic mass is 35.5. The lowest BCUT2D eigenvalue weighted by Gasteiger charge is -2.41.